The van der Waals surface area contributed by atoms with E-state index in [0.29, 0.717) is 31.9 Å². The minimum atomic E-state index is -0.656. The van der Waals surface area contributed by atoms with Crippen LogP contribution < -0.4 is 5.73 Å². The number of hydrogen-bond acceptors (Lipinski definition) is 7. The maximum absolute atomic E-state index is 12.0. The van der Waals surface area contributed by atoms with Gasteiger partial charge in [0.25, 0.3) is 0 Å². The van der Waals surface area contributed by atoms with Gasteiger partial charge in [0.15, 0.2) is 0 Å². The Balaban J connectivity index is 2.32. The van der Waals surface area contributed by atoms with Crippen LogP contribution in [0.25, 0.3) is 0 Å². The SMILES string of the molecule is CC(O)N(CCOCCO)CCN(C)C(=O)OCc1ccc(N)cc1. The van der Waals surface area contributed by atoms with E-state index in [1.54, 1.807) is 31.0 Å². The average molecular weight is 355 g/mol. The van der Waals surface area contributed by atoms with Gasteiger partial charge in [-0.3, -0.25) is 4.90 Å². The number of nitrogen functional groups attached to an aromatic ring is 1. The summed E-state index contributed by atoms with van der Waals surface area (Å²) >= 11 is 0. The van der Waals surface area contributed by atoms with Crippen LogP contribution in [0.5, 0.6) is 0 Å². The van der Waals surface area contributed by atoms with Crippen LogP contribution in [-0.4, -0.2) is 78.8 Å². The van der Waals surface area contributed by atoms with Crippen LogP contribution in [0.3, 0.4) is 0 Å². The highest BCUT2D eigenvalue weighted by atomic mass is 16.6. The zero-order valence-electron chi connectivity index (χ0n) is 14.9. The lowest BCUT2D eigenvalue weighted by Gasteiger charge is -2.27. The van der Waals surface area contributed by atoms with Gasteiger partial charge in [-0.1, -0.05) is 12.1 Å². The van der Waals surface area contributed by atoms with Crippen LogP contribution >= 0.6 is 0 Å². The molecule has 4 N–H and O–H groups in total. The Labute approximate surface area is 148 Å². The molecule has 0 aliphatic heterocycles. The van der Waals surface area contributed by atoms with Crippen molar-refractivity contribution in [2.45, 2.75) is 19.8 Å². The van der Waals surface area contributed by atoms with Crippen LogP contribution in [0.4, 0.5) is 10.5 Å². The molecule has 0 aliphatic rings. The Hall–Kier alpha value is -1.87. The summed E-state index contributed by atoms with van der Waals surface area (Å²) in [6.07, 6.45) is -1.09. The van der Waals surface area contributed by atoms with Crippen LogP contribution in [0, 0.1) is 0 Å². The molecule has 0 saturated heterocycles. The van der Waals surface area contributed by atoms with Gasteiger partial charge in [-0.05, 0) is 24.6 Å². The van der Waals surface area contributed by atoms with Crippen LogP contribution in [-0.2, 0) is 16.1 Å². The predicted molar refractivity (Wildman–Crippen MR) is 94.8 cm³/mol. The number of likely N-dealkylation sites (N-methyl/N-ethyl adjacent to an activating group) is 1. The second-order valence-electron chi connectivity index (χ2n) is 5.72. The highest BCUT2D eigenvalue weighted by Gasteiger charge is 2.15. The number of hydrogen-bond donors (Lipinski definition) is 3. The average Bonchev–Trinajstić information content (AvgIpc) is 2.59. The lowest BCUT2D eigenvalue weighted by molar-refractivity contribution is -0.0101. The molecule has 0 heterocycles. The number of aliphatic hydroxyl groups is 2. The summed E-state index contributed by atoms with van der Waals surface area (Å²) in [5.41, 5.74) is 7.14. The van der Waals surface area contributed by atoms with Crippen molar-refractivity contribution in [3.05, 3.63) is 29.8 Å². The number of aliphatic hydroxyl groups excluding tert-OH is 2. The van der Waals surface area contributed by atoms with Crippen molar-refractivity contribution in [2.75, 3.05) is 52.2 Å². The summed E-state index contributed by atoms with van der Waals surface area (Å²) in [6.45, 7) is 3.87. The fraction of sp³-hybridized carbons (Fsp3) is 0.588. The molecular formula is C17H29N3O5. The fourth-order valence-electron chi connectivity index (χ4n) is 2.07. The van der Waals surface area contributed by atoms with Gasteiger partial charge < -0.3 is 30.3 Å². The van der Waals surface area contributed by atoms with Gasteiger partial charge in [0.05, 0.1) is 19.8 Å². The molecule has 142 valence electrons. The maximum atomic E-state index is 12.0. The Morgan fingerprint density at radius 2 is 1.88 bits per heavy atom. The van der Waals surface area contributed by atoms with Crippen LogP contribution in [0.1, 0.15) is 12.5 Å². The first-order chi connectivity index (χ1) is 11.9. The van der Waals surface area contributed by atoms with E-state index in [1.165, 1.54) is 4.90 Å². The molecule has 0 aliphatic carbocycles. The molecule has 0 spiro atoms. The molecular weight excluding hydrogens is 326 g/mol. The topological polar surface area (TPSA) is 108 Å². The van der Waals surface area contributed by atoms with E-state index in [0.717, 1.165) is 5.56 Å². The molecule has 0 saturated carbocycles. The molecule has 0 bridgehead atoms. The van der Waals surface area contributed by atoms with Gasteiger partial charge in [0.2, 0.25) is 0 Å². The van der Waals surface area contributed by atoms with Crippen molar-refractivity contribution < 1.29 is 24.5 Å². The molecule has 0 aromatic heterocycles. The minimum Gasteiger partial charge on any atom is -0.445 e. The van der Waals surface area contributed by atoms with Gasteiger partial charge >= 0.3 is 6.09 Å². The highest BCUT2D eigenvalue weighted by Crippen LogP contribution is 2.07. The third-order valence-electron chi connectivity index (χ3n) is 3.66. The summed E-state index contributed by atoms with van der Waals surface area (Å²) < 4.78 is 10.4. The number of nitrogens with two attached hydrogens (primary N) is 1. The first-order valence-corrected chi connectivity index (χ1v) is 8.27. The zero-order chi connectivity index (χ0) is 18.7. The van der Waals surface area contributed by atoms with Crippen molar-refractivity contribution in [1.29, 1.82) is 0 Å². The van der Waals surface area contributed by atoms with Crippen molar-refractivity contribution in [2.24, 2.45) is 0 Å². The first-order valence-electron chi connectivity index (χ1n) is 8.27. The van der Waals surface area contributed by atoms with Crippen LogP contribution in [0.15, 0.2) is 24.3 Å². The van der Waals surface area contributed by atoms with Gasteiger partial charge in [-0.15, -0.1) is 0 Å². The predicted octanol–water partition coefficient (Wildman–Crippen LogP) is 0.486. The number of nitrogens with zero attached hydrogens (tertiary/aromatic N) is 2. The Morgan fingerprint density at radius 1 is 1.20 bits per heavy atom. The third-order valence-corrected chi connectivity index (χ3v) is 3.66. The quantitative estimate of drug-likeness (QED) is 0.301. The molecule has 25 heavy (non-hydrogen) atoms. The maximum Gasteiger partial charge on any atom is 0.409 e. The molecule has 1 aromatic rings. The number of carbonyl (C=O) groups excluding carboxylic acids is 1. The standard InChI is InChI=1S/C17H29N3O5/c1-14(22)20(9-11-24-12-10-21)8-7-19(2)17(23)25-13-15-3-5-16(18)6-4-15/h3-6,14,21-22H,7-13,18H2,1-2H3. The molecule has 1 atom stereocenters. The number of rotatable bonds is 11. The molecule has 0 radical (unpaired) electrons. The molecule has 0 fully saturated rings. The Bertz CT molecular complexity index is 496. The molecule has 1 unspecified atom stereocenters. The number of benzene rings is 1. The Kier molecular flexibility index (Phi) is 9.86. The van der Waals surface area contributed by atoms with E-state index in [4.69, 9.17) is 20.3 Å². The molecule has 8 heteroatoms. The van der Waals surface area contributed by atoms with Gasteiger partial charge in [-0.25, -0.2) is 4.79 Å². The fourth-order valence-corrected chi connectivity index (χ4v) is 2.07. The zero-order valence-corrected chi connectivity index (χ0v) is 14.9. The smallest absolute Gasteiger partial charge is 0.409 e. The van der Waals surface area contributed by atoms with Gasteiger partial charge in [-0.2, -0.15) is 0 Å². The second kappa shape index (κ2) is 11.6. The number of anilines is 1. The van der Waals surface area contributed by atoms with E-state index in [-0.39, 0.29) is 19.8 Å². The summed E-state index contributed by atoms with van der Waals surface area (Å²) in [6, 6.07) is 7.13. The third kappa shape index (κ3) is 8.69. The molecule has 1 rings (SSSR count). The summed E-state index contributed by atoms with van der Waals surface area (Å²) in [7, 11) is 1.65. The molecule has 8 nitrogen and oxygen atoms in total. The Morgan fingerprint density at radius 3 is 2.48 bits per heavy atom. The van der Waals surface area contributed by atoms with Gasteiger partial charge in [0, 0.05) is 32.4 Å². The minimum absolute atomic E-state index is 0.0305. The van der Waals surface area contributed by atoms with Crippen molar-refractivity contribution in [3.8, 4) is 0 Å². The van der Waals surface area contributed by atoms with E-state index >= 15 is 0 Å². The number of carbonyl (C=O) groups is 1. The van der Waals surface area contributed by atoms with Gasteiger partial charge in [0.1, 0.15) is 12.8 Å². The lowest BCUT2D eigenvalue weighted by Crippen LogP contribution is -2.42. The summed E-state index contributed by atoms with van der Waals surface area (Å²) in [4.78, 5) is 15.2. The van der Waals surface area contributed by atoms with E-state index in [2.05, 4.69) is 0 Å². The van der Waals surface area contributed by atoms with Crippen LogP contribution in [0.2, 0.25) is 0 Å². The monoisotopic (exact) mass is 355 g/mol. The first kappa shape index (κ1) is 21.2. The lowest BCUT2D eigenvalue weighted by atomic mass is 10.2. The van der Waals surface area contributed by atoms with Crippen molar-refractivity contribution in [3.63, 3.8) is 0 Å². The summed E-state index contributed by atoms with van der Waals surface area (Å²) in [5, 5.41) is 18.4. The largest absolute Gasteiger partial charge is 0.445 e. The van der Waals surface area contributed by atoms with Crippen molar-refractivity contribution in [1.82, 2.24) is 9.80 Å². The van der Waals surface area contributed by atoms with E-state index in [1.807, 2.05) is 12.1 Å². The molecule has 1 aromatic carbocycles. The number of ether oxygens (including phenoxy) is 2. The second-order valence-corrected chi connectivity index (χ2v) is 5.72. The normalized spacial score (nSPS) is 12.2. The molecule has 1 amide bonds. The summed E-state index contributed by atoms with van der Waals surface area (Å²) in [5.74, 6) is 0. The number of amides is 1. The highest BCUT2D eigenvalue weighted by molar-refractivity contribution is 5.67. The van der Waals surface area contributed by atoms with Crippen molar-refractivity contribution >= 4 is 11.8 Å². The van der Waals surface area contributed by atoms with E-state index < -0.39 is 12.3 Å². The van der Waals surface area contributed by atoms with E-state index in [9.17, 15) is 9.90 Å².